The van der Waals surface area contributed by atoms with Crippen molar-refractivity contribution in [3.63, 3.8) is 0 Å². The van der Waals surface area contributed by atoms with Crippen molar-refractivity contribution in [1.82, 2.24) is 9.55 Å². The number of fused-ring (bicyclic) bond motifs is 1. The largest absolute Gasteiger partial charge is 0.497 e. The van der Waals surface area contributed by atoms with E-state index in [9.17, 15) is 0 Å². The van der Waals surface area contributed by atoms with Gasteiger partial charge in [-0.15, -0.1) is 11.6 Å². The number of hydrogen-bond donors (Lipinski definition) is 0. The first-order valence-electron chi connectivity index (χ1n) is 6.52. The minimum atomic E-state index is 0.328. The van der Waals surface area contributed by atoms with E-state index in [1.54, 1.807) is 14.2 Å². The van der Waals surface area contributed by atoms with Gasteiger partial charge in [0.2, 0.25) is 0 Å². The highest BCUT2D eigenvalue weighted by Crippen LogP contribution is 2.27. The van der Waals surface area contributed by atoms with E-state index in [0.717, 1.165) is 34.0 Å². The standard InChI is InChI=1S/C16H15ClN2O2/c1-20-12-5-3-4-11(8-12)19-15-7-6-13(21-2)9-14(15)18-16(19)10-17/h3-9H,10H2,1-2H3. The number of ether oxygens (including phenoxy) is 2. The van der Waals surface area contributed by atoms with Crippen LogP contribution in [0.3, 0.4) is 0 Å². The highest BCUT2D eigenvalue weighted by Gasteiger charge is 2.13. The fourth-order valence-corrected chi connectivity index (χ4v) is 2.54. The Morgan fingerprint density at radius 3 is 2.52 bits per heavy atom. The van der Waals surface area contributed by atoms with Crippen LogP contribution in [-0.4, -0.2) is 23.8 Å². The average molecular weight is 303 g/mol. The van der Waals surface area contributed by atoms with Crippen molar-refractivity contribution in [2.45, 2.75) is 5.88 Å². The average Bonchev–Trinajstić information content (AvgIpc) is 2.92. The van der Waals surface area contributed by atoms with E-state index in [1.807, 2.05) is 47.0 Å². The Labute approximate surface area is 127 Å². The van der Waals surface area contributed by atoms with Gasteiger partial charge in [0, 0.05) is 12.1 Å². The van der Waals surface area contributed by atoms with Crippen LogP contribution in [0.25, 0.3) is 16.7 Å². The quantitative estimate of drug-likeness (QED) is 0.688. The first-order valence-corrected chi connectivity index (χ1v) is 7.06. The second-order valence-electron chi connectivity index (χ2n) is 4.55. The first-order chi connectivity index (χ1) is 10.3. The molecule has 0 aliphatic carbocycles. The molecule has 0 atom stereocenters. The number of halogens is 1. The van der Waals surface area contributed by atoms with Crippen LogP contribution in [0.5, 0.6) is 11.5 Å². The van der Waals surface area contributed by atoms with Gasteiger partial charge in [-0.3, -0.25) is 4.57 Å². The maximum Gasteiger partial charge on any atom is 0.129 e. The van der Waals surface area contributed by atoms with E-state index in [-0.39, 0.29) is 0 Å². The summed E-state index contributed by atoms with van der Waals surface area (Å²) in [7, 11) is 3.29. The summed E-state index contributed by atoms with van der Waals surface area (Å²) < 4.78 is 12.6. The fraction of sp³-hybridized carbons (Fsp3) is 0.188. The van der Waals surface area contributed by atoms with E-state index in [1.165, 1.54) is 0 Å². The van der Waals surface area contributed by atoms with Crippen LogP contribution in [0.15, 0.2) is 42.5 Å². The molecule has 5 heteroatoms. The zero-order valence-electron chi connectivity index (χ0n) is 11.8. The highest BCUT2D eigenvalue weighted by molar-refractivity contribution is 6.17. The number of benzene rings is 2. The normalized spacial score (nSPS) is 10.8. The first kappa shape index (κ1) is 13.8. The lowest BCUT2D eigenvalue weighted by molar-refractivity contribution is 0.414. The minimum absolute atomic E-state index is 0.328. The molecule has 0 bridgehead atoms. The minimum Gasteiger partial charge on any atom is -0.497 e. The molecule has 0 fully saturated rings. The molecule has 3 rings (SSSR count). The maximum absolute atomic E-state index is 6.05. The van der Waals surface area contributed by atoms with Gasteiger partial charge in [0.25, 0.3) is 0 Å². The van der Waals surface area contributed by atoms with Crippen LogP contribution >= 0.6 is 11.6 Å². The third kappa shape index (κ3) is 2.43. The second-order valence-corrected chi connectivity index (χ2v) is 4.82. The lowest BCUT2D eigenvalue weighted by atomic mass is 10.2. The molecule has 0 saturated carbocycles. The summed E-state index contributed by atoms with van der Waals surface area (Å²) >= 11 is 6.05. The summed E-state index contributed by atoms with van der Waals surface area (Å²) in [6.45, 7) is 0. The lowest BCUT2D eigenvalue weighted by Crippen LogP contribution is -1.99. The van der Waals surface area contributed by atoms with Crippen molar-refractivity contribution < 1.29 is 9.47 Å². The van der Waals surface area contributed by atoms with Crippen LogP contribution in [0.2, 0.25) is 0 Å². The van der Waals surface area contributed by atoms with Gasteiger partial charge >= 0.3 is 0 Å². The molecular weight excluding hydrogens is 288 g/mol. The molecule has 2 aromatic carbocycles. The van der Waals surface area contributed by atoms with Crippen molar-refractivity contribution >= 4 is 22.6 Å². The molecule has 1 aromatic heterocycles. The number of methoxy groups -OCH3 is 2. The number of alkyl halides is 1. The molecule has 4 nitrogen and oxygen atoms in total. The molecule has 108 valence electrons. The summed E-state index contributed by atoms with van der Waals surface area (Å²) in [5, 5.41) is 0. The van der Waals surface area contributed by atoms with Gasteiger partial charge in [-0.05, 0) is 24.3 Å². The molecule has 0 spiro atoms. The summed E-state index contributed by atoms with van der Waals surface area (Å²) in [4.78, 5) is 4.58. The fourth-order valence-electron chi connectivity index (χ4n) is 2.36. The molecule has 0 saturated heterocycles. The maximum atomic E-state index is 6.05. The van der Waals surface area contributed by atoms with Crippen molar-refractivity contribution in [2.75, 3.05) is 14.2 Å². The predicted octanol–water partition coefficient (Wildman–Crippen LogP) is 3.78. The summed E-state index contributed by atoms with van der Waals surface area (Å²) in [5.74, 6) is 2.68. The number of aromatic nitrogens is 2. The Balaban J connectivity index is 2.24. The van der Waals surface area contributed by atoms with Gasteiger partial charge in [-0.2, -0.15) is 0 Å². The van der Waals surface area contributed by atoms with Gasteiger partial charge in [0.15, 0.2) is 0 Å². The van der Waals surface area contributed by atoms with E-state index in [4.69, 9.17) is 21.1 Å². The zero-order chi connectivity index (χ0) is 14.8. The van der Waals surface area contributed by atoms with E-state index >= 15 is 0 Å². The van der Waals surface area contributed by atoms with Crippen molar-refractivity contribution in [2.24, 2.45) is 0 Å². The Bertz CT molecular complexity index is 783. The molecule has 0 N–H and O–H groups in total. The molecule has 0 unspecified atom stereocenters. The predicted molar refractivity (Wildman–Crippen MR) is 83.7 cm³/mol. The molecule has 1 heterocycles. The highest BCUT2D eigenvalue weighted by atomic mass is 35.5. The monoisotopic (exact) mass is 302 g/mol. The van der Waals surface area contributed by atoms with Gasteiger partial charge in [0.1, 0.15) is 17.3 Å². The molecule has 0 aliphatic heterocycles. The van der Waals surface area contributed by atoms with Gasteiger partial charge in [-0.1, -0.05) is 6.07 Å². The van der Waals surface area contributed by atoms with Gasteiger partial charge < -0.3 is 9.47 Å². The molecule has 0 aliphatic rings. The molecular formula is C16H15ClN2O2. The number of imidazole rings is 1. The summed E-state index contributed by atoms with van der Waals surface area (Å²) in [6, 6.07) is 13.6. The Kier molecular flexibility index (Phi) is 3.71. The number of hydrogen-bond acceptors (Lipinski definition) is 3. The topological polar surface area (TPSA) is 36.3 Å². The van der Waals surface area contributed by atoms with Crippen molar-refractivity contribution in [3.8, 4) is 17.2 Å². The smallest absolute Gasteiger partial charge is 0.129 e. The molecule has 0 radical (unpaired) electrons. The Morgan fingerprint density at radius 2 is 1.81 bits per heavy atom. The number of rotatable bonds is 4. The van der Waals surface area contributed by atoms with Gasteiger partial charge in [0.05, 0.1) is 36.8 Å². The van der Waals surface area contributed by atoms with E-state index in [2.05, 4.69) is 4.98 Å². The van der Waals surface area contributed by atoms with Crippen LogP contribution in [0, 0.1) is 0 Å². The van der Waals surface area contributed by atoms with Crippen molar-refractivity contribution in [1.29, 1.82) is 0 Å². The van der Waals surface area contributed by atoms with Crippen LogP contribution in [-0.2, 0) is 5.88 Å². The number of nitrogens with zero attached hydrogens (tertiary/aromatic N) is 2. The summed E-state index contributed by atoms with van der Waals surface area (Å²) in [6.07, 6.45) is 0. The summed E-state index contributed by atoms with van der Waals surface area (Å²) in [5.41, 5.74) is 2.81. The zero-order valence-corrected chi connectivity index (χ0v) is 12.6. The van der Waals surface area contributed by atoms with Crippen LogP contribution in [0.1, 0.15) is 5.82 Å². The third-order valence-corrected chi connectivity index (χ3v) is 3.60. The van der Waals surface area contributed by atoms with E-state index in [0.29, 0.717) is 5.88 Å². The molecule has 21 heavy (non-hydrogen) atoms. The van der Waals surface area contributed by atoms with Gasteiger partial charge in [-0.25, -0.2) is 4.98 Å². The Hall–Kier alpha value is -2.20. The molecule has 0 amide bonds. The third-order valence-electron chi connectivity index (χ3n) is 3.36. The van der Waals surface area contributed by atoms with Crippen LogP contribution < -0.4 is 9.47 Å². The second kappa shape index (κ2) is 5.66. The van der Waals surface area contributed by atoms with Crippen LogP contribution in [0.4, 0.5) is 0 Å². The molecule has 3 aromatic rings. The van der Waals surface area contributed by atoms with E-state index < -0.39 is 0 Å². The SMILES string of the molecule is COc1cccc(-n2c(CCl)nc3cc(OC)ccc32)c1. The Morgan fingerprint density at radius 1 is 1.05 bits per heavy atom. The lowest BCUT2D eigenvalue weighted by Gasteiger charge is -2.09. The van der Waals surface area contributed by atoms with Crippen molar-refractivity contribution in [3.05, 3.63) is 48.3 Å².